The third-order valence-corrected chi connectivity index (χ3v) is 4.71. The van der Waals surface area contributed by atoms with E-state index in [0.717, 1.165) is 23.1 Å². The van der Waals surface area contributed by atoms with E-state index in [9.17, 15) is 14.7 Å². The molecule has 28 heavy (non-hydrogen) atoms. The molecule has 0 radical (unpaired) electrons. The second-order valence-electron chi connectivity index (χ2n) is 7.17. The van der Waals surface area contributed by atoms with Crippen molar-refractivity contribution in [2.45, 2.75) is 13.3 Å². The number of phenolic OH excluding ortho intramolecular Hbond substituents is 1. The number of nitrogens with one attached hydrogen (secondary N) is 1. The molecule has 6 heteroatoms. The van der Waals surface area contributed by atoms with Crippen molar-refractivity contribution in [3.63, 3.8) is 0 Å². The molecule has 0 spiro atoms. The highest BCUT2D eigenvalue weighted by Crippen LogP contribution is 2.26. The van der Waals surface area contributed by atoms with Crippen LogP contribution >= 0.6 is 0 Å². The van der Waals surface area contributed by atoms with E-state index in [1.165, 1.54) is 4.90 Å². The van der Waals surface area contributed by atoms with E-state index in [2.05, 4.69) is 11.4 Å². The van der Waals surface area contributed by atoms with E-state index in [0.29, 0.717) is 24.3 Å². The number of phenols is 1. The van der Waals surface area contributed by atoms with Gasteiger partial charge in [-0.15, -0.1) is 0 Å². The molecule has 0 unspecified atom stereocenters. The second kappa shape index (κ2) is 8.17. The van der Waals surface area contributed by atoms with Crippen LogP contribution in [0, 0.1) is 6.92 Å². The first-order valence-electron chi connectivity index (χ1n) is 9.22. The van der Waals surface area contributed by atoms with Crippen LogP contribution in [0.5, 0.6) is 5.75 Å². The molecule has 0 saturated carbocycles. The highest BCUT2D eigenvalue weighted by Gasteiger charge is 2.23. The molecule has 6 nitrogen and oxygen atoms in total. The number of nitrogens with zero attached hydrogens (tertiary/aromatic N) is 2. The minimum atomic E-state index is -0.281. The van der Waals surface area contributed by atoms with Gasteiger partial charge in [-0.05, 0) is 48.7 Å². The zero-order chi connectivity index (χ0) is 20.3. The Bertz CT molecular complexity index is 934. The number of amides is 3. The molecule has 0 saturated heterocycles. The third-order valence-electron chi connectivity index (χ3n) is 4.71. The molecule has 0 bridgehead atoms. The zero-order valence-electron chi connectivity index (χ0n) is 16.4. The first-order chi connectivity index (χ1) is 13.3. The average molecular weight is 379 g/mol. The van der Waals surface area contributed by atoms with Gasteiger partial charge in [0, 0.05) is 27.2 Å². The fourth-order valence-electron chi connectivity index (χ4n) is 3.17. The van der Waals surface area contributed by atoms with Gasteiger partial charge in [0.2, 0.25) is 0 Å². The van der Waals surface area contributed by atoms with Gasteiger partial charge in [-0.25, -0.2) is 4.79 Å². The number of hydrogen-bond donors (Lipinski definition) is 2. The largest absolute Gasteiger partial charge is 0.508 e. The number of anilines is 1. The van der Waals surface area contributed by atoms with Crippen LogP contribution in [-0.2, 0) is 0 Å². The smallest absolute Gasteiger partial charge is 0.321 e. The first-order valence-corrected chi connectivity index (χ1v) is 9.22. The lowest BCUT2D eigenvalue weighted by Crippen LogP contribution is -2.36. The summed E-state index contributed by atoms with van der Waals surface area (Å²) in [7, 11) is 3.31. The van der Waals surface area contributed by atoms with Crippen LogP contribution in [0.4, 0.5) is 10.5 Å². The molecular weight excluding hydrogens is 354 g/mol. The summed E-state index contributed by atoms with van der Waals surface area (Å²) >= 11 is 0. The van der Waals surface area contributed by atoms with Gasteiger partial charge in [-0.2, -0.15) is 0 Å². The number of carbonyl (C=O) groups excluding carboxylic acids is 2. The number of benzene rings is 2. The quantitative estimate of drug-likeness (QED) is 0.854. The number of hydrogen-bond acceptors (Lipinski definition) is 3. The SMILES string of the molecule is Cc1ccc(NC(=O)N(C)C)c(C(=O)N2CCC=C(c3cccc(O)c3)C2)c1. The van der Waals surface area contributed by atoms with Crippen molar-refractivity contribution in [3.8, 4) is 5.75 Å². The van der Waals surface area contributed by atoms with Crippen LogP contribution in [0.15, 0.2) is 48.5 Å². The lowest BCUT2D eigenvalue weighted by atomic mass is 9.99. The summed E-state index contributed by atoms with van der Waals surface area (Å²) in [6, 6.07) is 12.2. The van der Waals surface area contributed by atoms with E-state index in [1.54, 1.807) is 49.3 Å². The van der Waals surface area contributed by atoms with Crippen LogP contribution in [0.2, 0.25) is 0 Å². The van der Waals surface area contributed by atoms with Gasteiger partial charge in [-0.3, -0.25) is 4.79 Å². The Morgan fingerprint density at radius 2 is 1.93 bits per heavy atom. The average Bonchev–Trinajstić information content (AvgIpc) is 2.68. The van der Waals surface area contributed by atoms with Crippen molar-refractivity contribution >= 4 is 23.2 Å². The Morgan fingerprint density at radius 1 is 1.14 bits per heavy atom. The van der Waals surface area contributed by atoms with Gasteiger partial charge < -0.3 is 20.2 Å². The van der Waals surface area contributed by atoms with Crippen LogP contribution in [0.3, 0.4) is 0 Å². The van der Waals surface area contributed by atoms with Crippen molar-refractivity contribution < 1.29 is 14.7 Å². The summed E-state index contributed by atoms with van der Waals surface area (Å²) in [5, 5.41) is 12.5. The van der Waals surface area contributed by atoms with Crippen LogP contribution in [0.1, 0.15) is 27.9 Å². The van der Waals surface area contributed by atoms with Crippen LogP contribution in [-0.4, -0.2) is 54.0 Å². The topological polar surface area (TPSA) is 72.9 Å². The van der Waals surface area contributed by atoms with E-state index >= 15 is 0 Å². The summed E-state index contributed by atoms with van der Waals surface area (Å²) < 4.78 is 0. The van der Waals surface area contributed by atoms with E-state index in [-0.39, 0.29) is 17.7 Å². The summed E-state index contributed by atoms with van der Waals surface area (Å²) in [5.41, 5.74) is 3.84. The molecule has 146 valence electrons. The van der Waals surface area contributed by atoms with Gasteiger partial charge in [0.25, 0.3) is 5.91 Å². The fraction of sp³-hybridized carbons (Fsp3) is 0.273. The molecule has 2 aromatic rings. The van der Waals surface area contributed by atoms with Gasteiger partial charge in [-0.1, -0.05) is 29.8 Å². The van der Waals surface area contributed by atoms with Gasteiger partial charge in [0.1, 0.15) is 5.75 Å². The molecular formula is C22H25N3O3. The molecule has 1 aliphatic rings. The minimum Gasteiger partial charge on any atom is -0.508 e. The number of urea groups is 1. The Labute approximate surface area is 165 Å². The van der Waals surface area contributed by atoms with Crippen molar-refractivity contribution in [3.05, 3.63) is 65.2 Å². The molecule has 1 heterocycles. The lowest BCUT2D eigenvalue weighted by Gasteiger charge is -2.29. The molecule has 0 atom stereocenters. The van der Waals surface area contributed by atoms with Gasteiger partial charge >= 0.3 is 6.03 Å². The molecule has 3 amide bonds. The lowest BCUT2D eigenvalue weighted by molar-refractivity contribution is 0.0775. The standard InChI is InChI=1S/C22H25N3O3/c1-15-9-10-20(23-22(28)24(2)3)19(12-15)21(27)25-11-5-7-17(14-25)16-6-4-8-18(26)13-16/h4,6-10,12-13,26H,5,11,14H2,1-3H3,(H,23,28). The molecule has 2 N–H and O–H groups in total. The Kier molecular flexibility index (Phi) is 5.68. The predicted octanol–water partition coefficient (Wildman–Crippen LogP) is 3.72. The van der Waals surface area contributed by atoms with Crippen molar-refractivity contribution in [1.82, 2.24) is 9.80 Å². The van der Waals surface area contributed by atoms with Crippen molar-refractivity contribution in [1.29, 1.82) is 0 Å². The first kappa shape index (κ1) is 19.5. The van der Waals surface area contributed by atoms with Crippen LogP contribution < -0.4 is 5.32 Å². The number of rotatable bonds is 3. The molecule has 0 aromatic heterocycles. The zero-order valence-corrected chi connectivity index (χ0v) is 16.4. The molecule has 0 aliphatic carbocycles. The van der Waals surface area contributed by atoms with E-state index in [1.807, 2.05) is 19.1 Å². The summed E-state index contributed by atoms with van der Waals surface area (Å²) in [6.07, 6.45) is 2.84. The number of aryl methyl sites for hydroxylation is 1. The fourth-order valence-corrected chi connectivity index (χ4v) is 3.17. The molecule has 1 aliphatic heterocycles. The van der Waals surface area contributed by atoms with Crippen LogP contribution in [0.25, 0.3) is 5.57 Å². The maximum atomic E-state index is 13.3. The molecule has 2 aromatic carbocycles. The summed E-state index contributed by atoms with van der Waals surface area (Å²) in [6.45, 7) is 2.98. The van der Waals surface area contributed by atoms with Crippen molar-refractivity contribution in [2.75, 3.05) is 32.5 Å². The normalized spacial score (nSPS) is 13.7. The minimum absolute atomic E-state index is 0.122. The molecule has 0 fully saturated rings. The van der Waals surface area contributed by atoms with E-state index in [4.69, 9.17) is 0 Å². The number of aromatic hydroxyl groups is 1. The highest BCUT2D eigenvalue weighted by molar-refractivity contribution is 6.04. The van der Waals surface area contributed by atoms with Crippen molar-refractivity contribution in [2.24, 2.45) is 0 Å². The predicted molar refractivity (Wildman–Crippen MR) is 110 cm³/mol. The van der Waals surface area contributed by atoms with Gasteiger partial charge in [0.05, 0.1) is 11.3 Å². The Morgan fingerprint density at radius 3 is 2.64 bits per heavy atom. The molecule has 3 rings (SSSR count). The number of carbonyl (C=O) groups is 2. The van der Waals surface area contributed by atoms with E-state index < -0.39 is 0 Å². The summed E-state index contributed by atoms with van der Waals surface area (Å²) in [4.78, 5) is 28.5. The highest BCUT2D eigenvalue weighted by atomic mass is 16.3. The summed E-state index contributed by atoms with van der Waals surface area (Å²) in [5.74, 6) is 0.0812. The third kappa shape index (κ3) is 4.34. The maximum Gasteiger partial charge on any atom is 0.321 e. The monoisotopic (exact) mass is 379 g/mol. The van der Waals surface area contributed by atoms with Gasteiger partial charge in [0.15, 0.2) is 0 Å². The maximum absolute atomic E-state index is 13.3. The Hall–Kier alpha value is -3.28. The Balaban J connectivity index is 1.85. The second-order valence-corrected chi connectivity index (χ2v) is 7.17.